The molecule has 1 aromatic carbocycles. The molecule has 1 aromatic heterocycles. The largest absolute Gasteiger partial charge is 0.486 e. The van der Waals surface area contributed by atoms with Crippen molar-refractivity contribution in [2.45, 2.75) is 19.4 Å². The lowest BCUT2D eigenvalue weighted by molar-refractivity contribution is 0.0970. The predicted molar refractivity (Wildman–Crippen MR) is 103 cm³/mol. The molecule has 0 bridgehead atoms. The van der Waals surface area contributed by atoms with Crippen LogP contribution in [-0.4, -0.2) is 50.3 Å². The highest BCUT2D eigenvalue weighted by molar-refractivity contribution is 7.09. The van der Waals surface area contributed by atoms with Gasteiger partial charge in [-0.15, -0.1) is 11.3 Å². The maximum atomic E-state index is 5.98. The average molecular weight is 359 g/mol. The highest BCUT2D eigenvalue weighted by atomic mass is 32.1. The first-order valence-corrected chi connectivity index (χ1v) is 9.54. The molecule has 6 heteroatoms. The van der Waals surface area contributed by atoms with Gasteiger partial charge in [-0.05, 0) is 36.9 Å². The number of para-hydroxylation sites is 2. The zero-order valence-corrected chi connectivity index (χ0v) is 15.6. The maximum Gasteiger partial charge on any atom is 0.193 e. The van der Waals surface area contributed by atoms with Crippen molar-refractivity contribution in [1.82, 2.24) is 10.2 Å². The molecule has 1 atom stereocenters. The van der Waals surface area contributed by atoms with Gasteiger partial charge in [-0.3, -0.25) is 0 Å². The van der Waals surface area contributed by atoms with Crippen LogP contribution in [0.4, 0.5) is 0 Å². The molecule has 0 fully saturated rings. The number of hydrogen-bond donors (Lipinski definition) is 1. The summed E-state index contributed by atoms with van der Waals surface area (Å²) in [5.74, 6) is 2.51. The van der Waals surface area contributed by atoms with E-state index in [1.165, 1.54) is 4.88 Å². The monoisotopic (exact) mass is 359 g/mol. The maximum absolute atomic E-state index is 5.98. The summed E-state index contributed by atoms with van der Waals surface area (Å²) in [6.45, 7) is 4.95. The fourth-order valence-electron chi connectivity index (χ4n) is 2.65. The van der Waals surface area contributed by atoms with Crippen LogP contribution in [0.15, 0.2) is 46.8 Å². The van der Waals surface area contributed by atoms with Gasteiger partial charge in [0.05, 0.1) is 6.54 Å². The predicted octanol–water partition coefficient (Wildman–Crippen LogP) is 3.03. The molecule has 0 spiro atoms. The molecule has 0 aliphatic carbocycles. The Balaban J connectivity index is 1.56. The Kier molecular flexibility index (Phi) is 6.17. The number of guanidine groups is 1. The summed E-state index contributed by atoms with van der Waals surface area (Å²) in [7, 11) is 2.07. The van der Waals surface area contributed by atoms with Gasteiger partial charge in [0.2, 0.25) is 0 Å². The Morgan fingerprint density at radius 1 is 1.28 bits per heavy atom. The van der Waals surface area contributed by atoms with Gasteiger partial charge >= 0.3 is 0 Å². The number of aliphatic imine (C=N–C) groups is 1. The summed E-state index contributed by atoms with van der Waals surface area (Å²) < 4.78 is 11.7. The highest BCUT2D eigenvalue weighted by Gasteiger charge is 2.20. The fraction of sp³-hybridized carbons (Fsp3) is 0.421. The molecule has 2 heterocycles. The molecule has 134 valence electrons. The first kappa shape index (κ1) is 17.6. The average Bonchev–Trinajstić information content (AvgIpc) is 3.16. The lowest BCUT2D eigenvalue weighted by Crippen LogP contribution is -2.41. The van der Waals surface area contributed by atoms with Gasteiger partial charge in [0, 0.05) is 25.0 Å². The van der Waals surface area contributed by atoms with Gasteiger partial charge in [0.15, 0.2) is 23.6 Å². The first-order chi connectivity index (χ1) is 12.3. The third kappa shape index (κ3) is 4.89. The van der Waals surface area contributed by atoms with Crippen LogP contribution in [0.5, 0.6) is 11.5 Å². The summed E-state index contributed by atoms with van der Waals surface area (Å²) in [5.41, 5.74) is 0. The lowest BCUT2D eigenvalue weighted by atomic mass is 10.2. The normalized spacial score (nSPS) is 16.6. The van der Waals surface area contributed by atoms with E-state index < -0.39 is 0 Å². The smallest absolute Gasteiger partial charge is 0.193 e. The van der Waals surface area contributed by atoms with Crippen LogP contribution in [0.1, 0.15) is 11.8 Å². The second kappa shape index (κ2) is 8.76. The van der Waals surface area contributed by atoms with Crippen LogP contribution in [-0.2, 0) is 6.42 Å². The minimum Gasteiger partial charge on any atom is -0.486 e. The van der Waals surface area contributed by atoms with E-state index in [0.717, 1.165) is 37.0 Å². The number of ether oxygens (including phenoxy) is 2. The summed E-state index contributed by atoms with van der Waals surface area (Å²) in [4.78, 5) is 8.30. The van der Waals surface area contributed by atoms with E-state index in [2.05, 4.69) is 41.7 Å². The van der Waals surface area contributed by atoms with Gasteiger partial charge in [0.25, 0.3) is 0 Å². The van der Waals surface area contributed by atoms with Crippen LogP contribution in [0, 0.1) is 0 Å². The highest BCUT2D eigenvalue weighted by Crippen LogP contribution is 2.30. The Bertz CT molecular complexity index is 688. The van der Waals surface area contributed by atoms with Crippen molar-refractivity contribution in [2.24, 2.45) is 4.99 Å². The molecule has 0 amide bonds. The molecular weight excluding hydrogens is 334 g/mol. The van der Waals surface area contributed by atoms with Crippen LogP contribution in [0.25, 0.3) is 0 Å². The van der Waals surface area contributed by atoms with E-state index in [0.29, 0.717) is 13.2 Å². The van der Waals surface area contributed by atoms with E-state index in [1.54, 1.807) is 11.3 Å². The third-order valence-electron chi connectivity index (χ3n) is 3.98. The number of rotatable bonds is 6. The summed E-state index contributed by atoms with van der Waals surface area (Å²) in [6, 6.07) is 12.0. The Morgan fingerprint density at radius 2 is 2.12 bits per heavy atom. The number of likely N-dealkylation sites (N-methyl/N-ethyl adjacent to an activating group) is 1. The SMILES string of the molecule is CCNC(=NCC1COc2ccccc2O1)N(C)CCc1cccs1. The Hall–Kier alpha value is -2.21. The molecule has 0 saturated heterocycles. The van der Waals surface area contributed by atoms with Crippen molar-refractivity contribution in [3.8, 4) is 11.5 Å². The fourth-order valence-corrected chi connectivity index (χ4v) is 3.35. The molecule has 3 rings (SSSR count). The van der Waals surface area contributed by atoms with E-state index >= 15 is 0 Å². The Labute approximate surface area is 153 Å². The molecule has 0 radical (unpaired) electrons. The third-order valence-corrected chi connectivity index (χ3v) is 4.92. The molecule has 25 heavy (non-hydrogen) atoms. The standard InChI is InChI=1S/C19H25N3O2S/c1-3-20-19(22(2)11-10-16-7-6-12-25-16)21-13-15-14-23-17-8-4-5-9-18(17)24-15/h4-9,12,15H,3,10-11,13-14H2,1-2H3,(H,20,21). The van der Waals surface area contributed by atoms with Gasteiger partial charge in [-0.2, -0.15) is 0 Å². The summed E-state index contributed by atoms with van der Waals surface area (Å²) in [5, 5.41) is 5.47. The second-order valence-electron chi connectivity index (χ2n) is 5.94. The van der Waals surface area contributed by atoms with Crippen LogP contribution < -0.4 is 14.8 Å². The number of thiophene rings is 1. The quantitative estimate of drug-likeness (QED) is 0.636. The molecule has 1 N–H and O–H groups in total. The zero-order valence-electron chi connectivity index (χ0n) is 14.8. The van der Waals surface area contributed by atoms with Gasteiger partial charge in [-0.1, -0.05) is 18.2 Å². The summed E-state index contributed by atoms with van der Waals surface area (Å²) >= 11 is 1.80. The van der Waals surface area contributed by atoms with Gasteiger partial charge in [0.1, 0.15) is 6.61 Å². The zero-order chi connectivity index (χ0) is 17.5. The van der Waals surface area contributed by atoms with Crippen LogP contribution >= 0.6 is 11.3 Å². The van der Waals surface area contributed by atoms with Crippen LogP contribution in [0.2, 0.25) is 0 Å². The van der Waals surface area contributed by atoms with Crippen molar-refractivity contribution in [3.63, 3.8) is 0 Å². The van der Waals surface area contributed by atoms with Crippen molar-refractivity contribution in [2.75, 3.05) is 33.3 Å². The molecule has 1 aliphatic heterocycles. The van der Waals surface area contributed by atoms with Crippen molar-refractivity contribution < 1.29 is 9.47 Å². The van der Waals surface area contributed by atoms with E-state index in [1.807, 2.05) is 24.3 Å². The second-order valence-corrected chi connectivity index (χ2v) is 6.98. The number of benzene rings is 1. The molecule has 5 nitrogen and oxygen atoms in total. The van der Waals surface area contributed by atoms with Gasteiger partial charge < -0.3 is 19.7 Å². The Morgan fingerprint density at radius 3 is 2.88 bits per heavy atom. The van der Waals surface area contributed by atoms with E-state index in [9.17, 15) is 0 Å². The lowest BCUT2D eigenvalue weighted by Gasteiger charge is -2.26. The minimum atomic E-state index is -0.0609. The van der Waals surface area contributed by atoms with E-state index in [4.69, 9.17) is 14.5 Å². The number of nitrogens with one attached hydrogen (secondary N) is 1. The van der Waals surface area contributed by atoms with Crippen molar-refractivity contribution in [1.29, 1.82) is 0 Å². The summed E-state index contributed by atoms with van der Waals surface area (Å²) in [6.07, 6.45) is 0.962. The number of fused-ring (bicyclic) bond motifs is 1. The molecular formula is C19H25N3O2S. The van der Waals surface area contributed by atoms with Crippen molar-refractivity contribution >= 4 is 17.3 Å². The van der Waals surface area contributed by atoms with Crippen LogP contribution in [0.3, 0.4) is 0 Å². The molecule has 1 unspecified atom stereocenters. The van der Waals surface area contributed by atoms with Crippen molar-refractivity contribution in [3.05, 3.63) is 46.7 Å². The molecule has 1 aliphatic rings. The van der Waals surface area contributed by atoms with Gasteiger partial charge in [-0.25, -0.2) is 4.99 Å². The number of nitrogens with zero attached hydrogens (tertiary/aromatic N) is 2. The number of hydrogen-bond acceptors (Lipinski definition) is 4. The minimum absolute atomic E-state index is 0.0609. The topological polar surface area (TPSA) is 46.1 Å². The molecule has 2 aromatic rings. The first-order valence-electron chi connectivity index (χ1n) is 8.66. The molecule has 0 saturated carbocycles. The van der Waals surface area contributed by atoms with E-state index in [-0.39, 0.29) is 6.10 Å².